The normalized spacial score (nSPS) is 43.6. The Balaban J connectivity index is 1.87. The highest BCUT2D eigenvalue weighted by molar-refractivity contribution is 7.80. The van der Waals surface area contributed by atoms with Gasteiger partial charge in [0.1, 0.15) is 30.0 Å². The molecule has 1 aromatic rings. The minimum atomic E-state index is -1.98. The number of aliphatic hydroxyl groups excluding tert-OH is 3. The van der Waals surface area contributed by atoms with Gasteiger partial charge in [-0.2, -0.15) is 0 Å². The van der Waals surface area contributed by atoms with Gasteiger partial charge in [-0.1, -0.05) is 44.5 Å². The van der Waals surface area contributed by atoms with E-state index in [0.29, 0.717) is 17.1 Å². The predicted molar refractivity (Wildman–Crippen MR) is 236 cm³/mol. The molecule has 0 saturated carbocycles. The van der Waals surface area contributed by atoms with Crippen LogP contribution in [0.15, 0.2) is 24.3 Å². The Kier molecular flexibility index (Phi) is 17.9. The first-order chi connectivity index (χ1) is 28.3. The van der Waals surface area contributed by atoms with Crippen molar-refractivity contribution in [3.63, 3.8) is 0 Å². The first-order valence-electron chi connectivity index (χ1n) is 21.6. The van der Waals surface area contributed by atoms with Crippen LogP contribution in [0.25, 0.3) is 0 Å². The van der Waals surface area contributed by atoms with E-state index in [1.807, 2.05) is 32.8 Å². The fourth-order valence-corrected chi connectivity index (χ4v) is 10.1. The summed E-state index contributed by atoms with van der Waals surface area (Å²) < 4.78 is 37.9. The number of halogens is 1. The standard InChI is InChI=1S/C44H74ClN3O12S/c1-14-32-44(10,54)36(50)27(6)48(41(61)46-30-18-16-15-17-29(30)45)22-23(2)20-42(8,53)38(60-40-34(49)31(47(11)12)19-24(3)56-40)25(4)35(26(5)39(52)58-32)59-33-21-43(9,55-13)37(51)28(7)57-33/h15-18,23-28,31-38,40,49-51,53-54H,14,19-22H2,1-13H3,(H,46,61)/t23-,24-,25+,26-,27-,28+,31-,32-,33+,34-,35+,36-,37+,38-,40+,42-,43-,44-/m1/s1. The van der Waals surface area contributed by atoms with Crippen LogP contribution in [0.1, 0.15) is 94.9 Å². The van der Waals surface area contributed by atoms with Gasteiger partial charge < -0.3 is 69.1 Å². The molecule has 0 amide bonds. The number of hydrogen-bond donors (Lipinski definition) is 6. The number of aliphatic hydroxyl groups is 5. The molecule has 0 radical (unpaired) electrons. The fourth-order valence-electron chi connectivity index (χ4n) is 9.53. The second kappa shape index (κ2) is 21.0. The number of nitrogens with one attached hydrogen (secondary N) is 1. The lowest BCUT2D eigenvalue weighted by Crippen LogP contribution is -2.61. The number of cyclic esters (lactones) is 1. The van der Waals surface area contributed by atoms with E-state index >= 15 is 0 Å². The van der Waals surface area contributed by atoms with Gasteiger partial charge in [-0.05, 0) is 112 Å². The summed E-state index contributed by atoms with van der Waals surface area (Å²) in [6.07, 6.45) is -9.30. The van der Waals surface area contributed by atoms with Crippen LogP contribution in [0.3, 0.4) is 0 Å². The number of anilines is 1. The highest BCUT2D eigenvalue weighted by atomic mass is 35.5. The van der Waals surface area contributed by atoms with Gasteiger partial charge in [0.05, 0.1) is 58.3 Å². The molecule has 18 atom stereocenters. The van der Waals surface area contributed by atoms with Crippen molar-refractivity contribution in [2.45, 2.75) is 185 Å². The van der Waals surface area contributed by atoms with Crippen molar-refractivity contribution in [1.82, 2.24) is 9.80 Å². The molecule has 3 aliphatic rings. The van der Waals surface area contributed by atoms with E-state index in [1.165, 1.54) is 14.0 Å². The van der Waals surface area contributed by atoms with Crippen LogP contribution in [0.4, 0.5) is 5.69 Å². The maximum Gasteiger partial charge on any atom is 0.311 e. The summed E-state index contributed by atoms with van der Waals surface area (Å²) in [6, 6.07) is 5.91. The molecule has 3 aliphatic heterocycles. The van der Waals surface area contributed by atoms with Crippen LogP contribution in [0, 0.1) is 17.8 Å². The van der Waals surface area contributed by atoms with Crippen LogP contribution in [0.2, 0.25) is 5.02 Å². The summed E-state index contributed by atoms with van der Waals surface area (Å²) in [5.74, 6) is -3.01. The Labute approximate surface area is 373 Å². The number of benzene rings is 1. The van der Waals surface area contributed by atoms with Gasteiger partial charge in [-0.3, -0.25) is 4.79 Å². The monoisotopic (exact) mass is 903 g/mol. The Morgan fingerprint density at radius 3 is 2.23 bits per heavy atom. The number of thiocarbonyl (C=S) groups is 1. The summed E-state index contributed by atoms with van der Waals surface area (Å²) in [5, 5.41) is 63.6. The average Bonchev–Trinajstić information content (AvgIpc) is 3.18. The minimum absolute atomic E-state index is 0.0932. The van der Waals surface area contributed by atoms with Crippen molar-refractivity contribution in [2.75, 3.05) is 33.1 Å². The molecule has 4 rings (SSSR count). The molecular weight excluding hydrogens is 830 g/mol. The minimum Gasteiger partial charge on any atom is -0.459 e. The van der Waals surface area contributed by atoms with E-state index in [-0.39, 0.29) is 49.0 Å². The van der Waals surface area contributed by atoms with Gasteiger partial charge in [0.15, 0.2) is 17.7 Å². The molecule has 61 heavy (non-hydrogen) atoms. The molecule has 3 heterocycles. The van der Waals surface area contributed by atoms with E-state index in [2.05, 4.69) is 5.32 Å². The average molecular weight is 905 g/mol. The number of nitrogens with zero attached hydrogens (tertiary/aromatic N) is 2. The topological polar surface area (TPSA) is 192 Å². The zero-order chi connectivity index (χ0) is 45.9. The summed E-state index contributed by atoms with van der Waals surface area (Å²) in [7, 11) is 5.24. The number of likely N-dealkylation sites (N-methyl/N-ethyl adjacent to an activating group) is 1. The highest BCUT2D eigenvalue weighted by Gasteiger charge is 2.53. The SMILES string of the molecule is CC[C@H]1OC(=O)[C@H](C)[C@@H](O[C@H]2C[C@@](C)(OC)[C@@H](O)[C@H](C)O2)[C@H](C)[C@@H](O[C@@H]2O[C@H](C)C[C@@H](N(C)C)[C@H]2O)[C@](C)(O)C[C@@H](C)CN(C(=S)Nc2ccccc2Cl)[C@H](C)[C@@H](O)[C@]1(C)O. The second-order valence-corrected chi connectivity index (χ2v) is 19.6. The quantitative estimate of drug-likeness (QED) is 0.160. The summed E-state index contributed by atoms with van der Waals surface area (Å²) in [4.78, 5) is 18.1. The molecule has 350 valence electrons. The number of carbonyl (C=O) groups excluding carboxylic acids is 1. The Morgan fingerprint density at radius 1 is 1.00 bits per heavy atom. The Hall–Kier alpha value is -1.77. The number of ether oxygens (including phenoxy) is 6. The molecule has 17 heteroatoms. The smallest absolute Gasteiger partial charge is 0.311 e. The van der Waals surface area contributed by atoms with Crippen molar-refractivity contribution in [1.29, 1.82) is 0 Å². The summed E-state index contributed by atoms with van der Waals surface area (Å²) in [5.41, 5.74) is -4.19. The largest absolute Gasteiger partial charge is 0.459 e. The van der Waals surface area contributed by atoms with Gasteiger partial charge in [-0.25, -0.2) is 0 Å². The first kappa shape index (κ1) is 51.9. The number of carbonyl (C=O) groups is 1. The molecule has 1 aromatic carbocycles. The molecule has 3 fully saturated rings. The molecular formula is C44H74ClN3O12S. The van der Waals surface area contributed by atoms with Gasteiger partial charge in [0.25, 0.3) is 0 Å². The van der Waals surface area contributed by atoms with E-state index in [9.17, 15) is 30.3 Å². The van der Waals surface area contributed by atoms with Gasteiger partial charge in [0.2, 0.25) is 0 Å². The van der Waals surface area contributed by atoms with Crippen LogP contribution in [-0.2, 0) is 33.2 Å². The maximum absolute atomic E-state index is 14.5. The molecule has 0 spiro atoms. The molecule has 0 aliphatic carbocycles. The number of rotatable bonds is 8. The van der Waals surface area contributed by atoms with E-state index < -0.39 is 96.0 Å². The lowest BCUT2D eigenvalue weighted by Gasteiger charge is -2.49. The fraction of sp³-hybridized carbons (Fsp3) is 0.818. The third-order valence-corrected chi connectivity index (χ3v) is 14.0. The van der Waals surface area contributed by atoms with Crippen LogP contribution < -0.4 is 5.32 Å². The Morgan fingerprint density at radius 2 is 1.64 bits per heavy atom. The van der Waals surface area contributed by atoms with Crippen LogP contribution >= 0.6 is 23.8 Å². The number of methoxy groups -OCH3 is 1. The van der Waals surface area contributed by atoms with Gasteiger partial charge >= 0.3 is 5.97 Å². The van der Waals surface area contributed by atoms with Crippen molar-refractivity contribution < 1.29 is 58.7 Å². The van der Waals surface area contributed by atoms with E-state index in [1.54, 1.807) is 77.6 Å². The third-order valence-electron chi connectivity index (χ3n) is 13.3. The van der Waals surface area contributed by atoms with Crippen LogP contribution in [0.5, 0.6) is 0 Å². The number of esters is 1. The predicted octanol–water partition coefficient (Wildman–Crippen LogP) is 4.32. The van der Waals surface area contributed by atoms with Gasteiger partial charge in [0, 0.05) is 32.0 Å². The second-order valence-electron chi connectivity index (χ2n) is 18.8. The van der Waals surface area contributed by atoms with Crippen LogP contribution in [-0.4, -0.2) is 164 Å². The molecule has 0 aromatic heterocycles. The molecule has 0 unspecified atom stereocenters. The summed E-state index contributed by atoms with van der Waals surface area (Å²) in [6.45, 7) is 17.4. The maximum atomic E-state index is 14.5. The molecule has 0 bridgehead atoms. The van der Waals surface area contributed by atoms with E-state index in [0.717, 1.165) is 0 Å². The molecule has 6 N–H and O–H groups in total. The number of para-hydroxylation sites is 1. The van der Waals surface area contributed by atoms with Crippen molar-refractivity contribution in [3.05, 3.63) is 29.3 Å². The highest BCUT2D eigenvalue weighted by Crippen LogP contribution is 2.40. The lowest BCUT2D eigenvalue weighted by molar-refractivity contribution is -0.318. The lowest BCUT2D eigenvalue weighted by atomic mass is 9.77. The zero-order valence-corrected chi connectivity index (χ0v) is 39.9. The molecule has 15 nitrogen and oxygen atoms in total. The van der Waals surface area contributed by atoms with Crippen molar-refractivity contribution >= 4 is 40.6 Å². The first-order valence-corrected chi connectivity index (χ1v) is 22.4. The molecule has 3 saturated heterocycles. The Bertz CT molecular complexity index is 1610. The van der Waals surface area contributed by atoms with Gasteiger partial charge in [-0.15, -0.1) is 0 Å². The van der Waals surface area contributed by atoms with Crippen molar-refractivity contribution in [2.24, 2.45) is 17.8 Å². The number of hydrogen-bond acceptors (Lipinski definition) is 14. The zero-order valence-electron chi connectivity index (χ0n) is 38.3. The van der Waals surface area contributed by atoms with Crippen molar-refractivity contribution in [3.8, 4) is 0 Å². The third kappa shape index (κ3) is 11.9. The summed E-state index contributed by atoms with van der Waals surface area (Å²) >= 11 is 12.5. The van der Waals surface area contributed by atoms with E-state index in [4.69, 9.17) is 52.2 Å².